The van der Waals surface area contributed by atoms with Gasteiger partial charge in [0.1, 0.15) is 6.10 Å². The summed E-state index contributed by atoms with van der Waals surface area (Å²) in [6.07, 6.45) is 1.39. The highest BCUT2D eigenvalue weighted by Gasteiger charge is 2.46. The Bertz CT molecular complexity index is 418. The van der Waals surface area contributed by atoms with E-state index in [1.54, 1.807) is 0 Å². The SMILES string of the molecule is CC1(C)CC(Oc2nsnc2Cl)CC(C)(C)N1O. The Hall–Kier alpha value is -0.430. The predicted molar refractivity (Wildman–Crippen MR) is 70.4 cm³/mol. The van der Waals surface area contributed by atoms with Crippen molar-refractivity contribution >= 4 is 23.3 Å². The molecule has 7 heteroatoms. The Balaban J connectivity index is 2.14. The minimum absolute atomic E-state index is 0.0280. The number of hydrogen-bond donors (Lipinski definition) is 1. The van der Waals surface area contributed by atoms with Crippen LogP contribution in [0.3, 0.4) is 0 Å². The van der Waals surface area contributed by atoms with Crippen molar-refractivity contribution in [1.82, 2.24) is 13.8 Å². The monoisotopic (exact) mass is 291 g/mol. The second kappa shape index (κ2) is 4.59. The average Bonchev–Trinajstić information content (AvgIpc) is 2.60. The second-order valence-electron chi connectivity index (χ2n) is 5.94. The van der Waals surface area contributed by atoms with Gasteiger partial charge in [0.15, 0.2) is 0 Å². The zero-order valence-electron chi connectivity index (χ0n) is 11.0. The standard InChI is InChI=1S/C11H18ClN3O2S/c1-10(2)5-7(6-11(3,4)15(10)16)17-9-8(12)13-18-14-9/h7,16H,5-6H2,1-4H3. The number of hydroxylamine groups is 2. The number of aromatic nitrogens is 2. The van der Waals surface area contributed by atoms with Crippen LogP contribution in [0.15, 0.2) is 0 Å². The van der Waals surface area contributed by atoms with Crippen LogP contribution in [0.5, 0.6) is 5.88 Å². The summed E-state index contributed by atoms with van der Waals surface area (Å²) < 4.78 is 13.7. The van der Waals surface area contributed by atoms with Gasteiger partial charge in [-0.3, -0.25) is 0 Å². The van der Waals surface area contributed by atoms with E-state index in [4.69, 9.17) is 16.3 Å². The Morgan fingerprint density at radius 3 is 2.28 bits per heavy atom. The van der Waals surface area contributed by atoms with Gasteiger partial charge in [0.25, 0.3) is 5.88 Å². The third-order valence-electron chi connectivity index (χ3n) is 3.30. The molecule has 1 saturated heterocycles. The predicted octanol–water partition coefficient (Wildman–Crippen LogP) is 2.98. The molecule has 0 bridgehead atoms. The van der Waals surface area contributed by atoms with E-state index >= 15 is 0 Å². The summed E-state index contributed by atoms with van der Waals surface area (Å²) in [4.78, 5) is 0. The molecule has 2 rings (SSSR count). The summed E-state index contributed by atoms with van der Waals surface area (Å²) in [7, 11) is 0. The van der Waals surface area contributed by atoms with Gasteiger partial charge in [0.05, 0.1) is 11.7 Å². The molecular weight excluding hydrogens is 274 g/mol. The molecule has 0 aromatic carbocycles. The van der Waals surface area contributed by atoms with E-state index in [9.17, 15) is 5.21 Å². The van der Waals surface area contributed by atoms with Gasteiger partial charge >= 0.3 is 0 Å². The zero-order valence-corrected chi connectivity index (χ0v) is 12.5. The van der Waals surface area contributed by atoms with Crippen LogP contribution < -0.4 is 4.74 Å². The Morgan fingerprint density at radius 2 is 1.83 bits per heavy atom. The third kappa shape index (κ3) is 2.61. The summed E-state index contributed by atoms with van der Waals surface area (Å²) in [6.45, 7) is 7.96. The normalized spacial score (nSPS) is 24.1. The molecule has 0 atom stereocenters. The summed E-state index contributed by atoms with van der Waals surface area (Å²) in [5, 5.41) is 11.9. The maximum absolute atomic E-state index is 10.2. The Morgan fingerprint density at radius 1 is 1.28 bits per heavy atom. The van der Waals surface area contributed by atoms with Crippen LogP contribution in [-0.4, -0.2) is 36.2 Å². The van der Waals surface area contributed by atoms with Crippen LogP contribution in [0.1, 0.15) is 40.5 Å². The molecule has 0 aliphatic carbocycles. The number of rotatable bonds is 2. The molecule has 2 heterocycles. The lowest BCUT2D eigenvalue weighted by atomic mass is 9.80. The van der Waals surface area contributed by atoms with Gasteiger partial charge in [0.2, 0.25) is 5.15 Å². The fraction of sp³-hybridized carbons (Fsp3) is 0.818. The van der Waals surface area contributed by atoms with Gasteiger partial charge in [-0.05, 0) is 27.7 Å². The summed E-state index contributed by atoms with van der Waals surface area (Å²) in [5.41, 5.74) is -0.690. The van der Waals surface area contributed by atoms with E-state index in [1.807, 2.05) is 27.7 Å². The number of piperidine rings is 1. The second-order valence-corrected chi connectivity index (χ2v) is 6.83. The average molecular weight is 292 g/mol. The quantitative estimate of drug-likeness (QED) is 0.908. The highest BCUT2D eigenvalue weighted by atomic mass is 35.5. The van der Waals surface area contributed by atoms with Gasteiger partial charge in [-0.15, -0.1) is 4.37 Å². The Labute approximate surface area is 116 Å². The number of nitrogens with zero attached hydrogens (tertiary/aromatic N) is 3. The van der Waals surface area contributed by atoms with Crippen LogP contribution in [0, 0.1) is 0 Å². The van der Waals surface area contributed by atoms with Crippen molar-refractivity contribution in [3.8, 4) is 5.88 Å². The van der Waals surface area contributed by atoms with Gasteiger partial charge in [-0.25, -0.2) is 0 Å². The minimum atomic E-state index is -0.345. The van der Waals surface area contributed by atoms with Crippen LogP contribution in [0.25, 0.3) is 0 Å². The van der Waals surface area contributed by atoms with Gasteiger partial charge in [0, 0.05) is 23.9 Å². The lowest BCUT2D eigenvalue weighted by Crippen LogP contribution is -2.61. The van der Waals surface area contributed by atoms with Crippen molar-refractivity contribution < 1.29 is 9.94 Å². The molecular formula is C11H18ClN3O2S. The van der Waals surface area contributed by atoms with E-state index in [1.165, 1.54) is 5.06 Å². The van der Waals surface area contributed by atoms with Crippen LogP contribution in [-0.2, 0) is 0 Å². The van der Waals surface area contributed by atoms with Crippen molar-refractivity contribution in [2.24, 2.45) is 0 Å². The molecule has 0 radical (unpaired) electrons. The van der Waals surface area contributed by atoms with E-state index in [0.717, 1.165) is 11.7 Å². The molecule has 1 aliphatic rings. The first kappa shape index (κ1) is 14.0. The van der Waals surface area contributed by atoms with Crippen molar-refractivity contribution in [2.45, 2.75) is 57.7 Å². The first-order chi connectivity index (χ1) is 8.22. The van der Waals surface area contributed by atoms with Gasteiger partial charge in [-0.2, -0.15) is 9.44 Å². The maximum Gasteiger partial charge on any atom is 0.265 e. The van der Waals surface area contributed by atoms with Gasteiger partial charge < -0.3 is 9.94 Å². The van der Waals surface area contributed by atoms with Crippen LogP contribution in [0.2, 0.25) is 5.15 Å². The molecule has 0 spiro atoms. The van der Waals surface area contributed by atoms with Crippen molar-refractivity contribution in [1.29, 1.82) is 0 Å². The maximum atomic E-state index is 10.2. The third-order valence-corrected chi connectivity index (χ3v) is 4.16. The molecule has 1 aliphatic heterocycles. The minimum Gasteiger partial charge on any atom is -0.471 e. The fourth-order valence-electron chi connectivity index (χ4n) is 2.66. The number of halogens is 1. The molecule has 18 heavy (non-hydrogen) atoms. The lowest BCUT2D eigenvalue weighted by molar-refractivity contribution is -0.255. The topological polar surface area (TPSA) is 58.5 Å². The summed E-state index contributed by atoms with van der Waals surface area (Å²) in [5.74, 6) is 0.393. The van der Waals surface area contributed by atoms with E-state index in [-0.39, 0.29) is 17.2 Å². The van der Waals surface area contributed by atoms with E-state index in [0.29, 0.717) is 23.9 Å². The number of hydrogen-bond acceptors (Lipinski definition) is 6. The lowest BCUT2D eigenvalue weighted by Gasteiger charge is -2.50. The fourth-order valence-corrected chi connectivity index (χ4v) is 3.28. The molecule has 102 valence electrons. The first-order valence-electron chi connectivity index (χ1n) is 5.86. The largest absolute Gasteiger partial charge is 0.471 e. The number of ether oxygens (including phenoxy) is 1. The molecule has 1 fully saturated rings. The molecule has 0 amide bonds. The van der Waals surface area contributed by atoms with Crippen molar-refractivity contribution in [3.63, 3.8) is 0 Å². The molecule has 1 aromatic heterocycles. The molecule has 5 nitrogen and oxygen atoms in total. The zero-order chi connectivity index (χ0) is 13.6. The summed E-state index contributed by atoms with van der Waals surface area (Å²) >= 11 is 6.92. The van der Waals surface area contributed by atoms with E-state index < -0.39 is 0 Å². The van der Waals surface area contributed by atoms with Crippen LogP contribution in [0.4, 0.5) is 0 Å². The molecule has 0 saturated carbocycles. The van der Waals surface area contributed by atoms with Crippen LogP contribution >= 0.6 is 23.3 Å². The summed E-state index contributed by atoms with van der Waals surface area (Å²) in [6, 6.07) is 0. The molecule has 1 aromatic rings. The molecule has 1 N–H and O–H groups in total. The van der Waals surface area contributed by atoms with Gasteiger partial charge in [-0.1, -0.05) is 11.6 Å². The smallest absolute Gasteiger partial charge is 0.265 e. The van der Waals surface area contributed by atoms with E-state index in [2.05, 4.69) is 8.75 Å². The molecule has 0 unspecified atom stereocenters. The highest BCUT2D eigenvalue weighted by Crippen LogP contribution is 2.38. The van der Waals surface area contributed by atoms with Crippen molar-refractivity contribution in [2.75, 3.05) is 0 Å². The Kier molecular flexibility index (Phi) is 3.57. The highest BCUT2D eigenvalue weighted by molar-refractivity contribution is 6.99. The van der Waals surface area contributed by atoms with Crippen molar-refractivity contribution in [3.05, 3.63) is 5.15 Å². The first-order valence-corrected chi connectivity index (χ1v) is 6.97.